The largest absolute Gasteiger partial charge is 0.497 e. The van der Waals surface area contributed by atoms with Gasteiger partial charge in [-0.2, -0.15) is 0 Å². The number of ether oxygens (including phenoxy) is 2. The maximum absolute atomic E-state index is 11.9. The smallest absolute Gasteiger partial charge is 0.230 e. The molecule has 0 aliphatic rings. The van der Waals surface area contributed by atoms with Crippen LogP contribution in [0.3, 0.4) is 0 Å². The molecule has 2 aromatic rings. The van der Waals surface area contributed by atoms with Gasteiger partial charge in [-0.3, -0.25) is 9.36 Å². The van der Waals surface area contributed by atoms with Gasteiger partial charge in [-0.05, 0) is 37.6 Å². The summed E-state index contributed by atoms with van der Waals surface area (Å²) in [7, 11) is 3.28. The minimum Gasteiger partial charge on any atom is -0.497 e. The zero-order valence-electron chi connectivity index (χ0n) is 14.1. The fraction of sp³-hybridized carbons (Fsp3) is 0.438. The number of methoxy groups -OCH3 is 2. The van der Waals surface area contributed by atoms with Crippen LogP contribution in [0, 0.1) is 6.92 Å². The van der Waals surface area contributed by atoms with E-state index >= 15 is 0 Å². The molecular weight excluding hydrogens is 328 g/mol. The molecule has 0 atom stereocenters. The Hall–Kier alpha value is -2.06. The summed E-state index contributed by atoms with van der Waals surface area (Å²) < 4.78 is 12.0. The minimum atomic E-state index is -0.0296. The van der Waals surface area contributed by atoms with Crippen LogP contribution in [0.4, 0.5) is 0 Å². The second-order valence-corrected chi connectivity index (χ2v) is 5.99. The number of thioether (sulfide) groups is 1. The summed E-state index contributed by atoms with van der Waals surface area (Å²) >= 11 is 1.36. The summed E-state index contributed by atoms with van der Waals surface area (Å²) in [6, 6.07) is 7.63. The molecular formula is C16H22N4O3S. The van der Waals surface area contributed by atoms with E-state index in [1.165, 1.54) is 11.8 Å². The highest BCUT2D eigenvalue weighted by atomic mass is 32.2. The van der Waals surface area contributed by atoms with Gasteiger partial charge in [0.15, 0.2) is 5.16 Å². The monoisotopic (exact) mass is 350 g/mol. The number of carbonyl (C=O) groups excluding carboxylic acids is 1. The third-order valence-electron chi connectivity index (χ3n) is 3.31. The highest BCUT2D eigenvalue weighted by Crippen LogP contribution is 2.23. The van der Waals surface area contributed by atoms with Gasteiger partial charge >= 0.3 is 0 Å². The summed E-state index contributed by atoms with van der Waals surface area (Å²) in [6.45, 7) is 3.13. The first kappa shape index (κ1) is 18.3. The molecule has 1 aromatic heterocycles. The Morgan fingerprint density at radius 3 is 2.67 bits per heavy atom. The van der Waals surface area contributed by atoms with E-state index in [0.29, 0.717) is 24.1 Å². The first-order valence-corrected chi connectivity index (χ1v) is 8.59. The van der Waals surface area contributed by atoms with E-state index in [0.717, 1.165) is 23.7 Å². The van der Waals surface area contributed by atoms with Gasteiger partial charge in [0.2, 0.25) is 5.91 Å². The normalized spacial score (nSPS) is 10.6. The molecule has 1 heterocycles. The Morgan fingerprint density at radius 1 is 1.25 bits per heavy atom. The zero-order chi connectivity index (χ0) is 17.4. The number of aryl methyl sites for hydroxylation is 1. The number of nitrogens with zero attached hydrogens (tertiary/aromatic N) is 3. The van der Waals surface area contributed by atoms with Crippen molar-refractivity contribution in [3.63, 3.8) is 0 Å². The number of hydrogen-bond donors (Lipinski definition) is 1. The number of hydrogen-bond acceptors (Lipinski definition) is 6. The van der Waals surface area contributed by atoms with Crippen LogP contribution >= 0.6 is 11.8 Å². The molecule has 1 amide bonds. The number of aromatic nitrogens is 3. The third-order valence-corrected chi connectivity index (χ3v) is 4.23. The van der Waals surface area contributed by atoms with Crippen molar-refractivity contribution in [2.24, 2.45) is 0 Å². The van der Waals surface area contributed by atoms with Gasteiger partial charge in [0.1, 0.15) is 11.6 Å². The van der Waals surface area contributed by atoms with E-state index in [1.54, 1.807) is 14.2 Å². The molecule has 0 unspecified atom stereocenters. The zero-order valence-corrected chi connectivity index (χ0v) is 14.9. The van der Waals surface area contributed by atoms with Gasteiger partial charge in [0, 0.05) is 25.9 Å². The minimum absolute atomic E-state index is 0.0296. The van der Waals surface area contributed by atoms with Crippen LogP contribution in [0.2, 0.25) is 0 Å². The number of nitrogens with one attached hydrogen (secondary N) is 1. The van der Waals surface area contributed by atoms with Crippen LogP contribution in [0.1, 0.15) is 12.2 Å². The van der Waals surface area contributed by atoms with Crippen molar-refractivity contribution in [1.29, 1.82) is 0 Å². The van der Waals surface area contributed by atoms with Gasteiger partial charge < -0.3 is 14.8 Å². The van der Waals surface area contributed by atoms with E-state index in [9.17, 15) is 4.79 Å². The predicted octanol–water partition coefficient (Wildman–Crippen LogP) is 1.83. The molecule has 0 radical (unpaired) electrons. The van der Waals surface area contributed by atoms with Gasteiger partial charge in [-0.25, -0.2) is 0 Å². The first-order chi connectivity index (χ1) is 11.7. The Bertz CT molecular complexity index is 658. The van der Waals surface area contributed by atoms with E-state index in [2.05, 4.69) is 15.5 Å². The molecule has 8 heteroatoms. The second-order valence-electron chi connectivity index (χ2n) is 5.05. The summed E-state index contributed by atoms with van der Waals surface area (Å²) in [5.41, 5.74) is 0.932. The van der Waals surface area contributed by atoms with Crippen LogP contribution in [0.25, 0.3) is 5.69 Å². The van der Waals surface area contributed by atoms with Gasteiger partial charge in [-0.15, -0.1) is 10.2 Å². The molecule has 24 heavy (non-hydrogen) atoms. The van der Waals surface area contributed by atoms with E-state index < -0.39 is 0 Å². The first-order valence-electron chi connectivity index (χ1n) is 7.60. The fourth-order valence-corrected chi connectivity index (χ4v) is 2.92. The lowest BCUT2D eigenvalue weighted by atomic mass is 10.3. The number of benzene rings is 1. The summed E-state index contributed by atoms with van der Waals surface area (Å²) in [6.07, 6.45) is 0.800. The lowest BCUT2D eigenvalue weighted by Gasteiger charge is -2.09. The molecule has 1 N–H and O–H groups in total. The SMILES string of the molecule is COCCCNC(=O)CSc1nnc(C)n1-c1ccc(OC)cc1. The van der Waals surface area contributed by atoms with Crippen LogP contribution in [0.15, 0.2) is 29.4 Å². The van der Waals surface area contributed by atoms with Gasteiger partial charge in [-0.1, -0.05) is 11.8 Å². The van der Waals surface area contributed by atoms with E-state index in [1.807, 2.05) is 35.8 Å². The highest BCUT2D eigenvalue weighted by molar-refractivity contribution is 7.99. The summed E-state index contributed by atoms with van der Waals surface area (Å²) in [5.74, 6) is 1.82. The second kappa shape index (κ2) is 9.29. The van der Waals surface area contributed by atoms with Crippen molar-refractivity contribution < 1.29 is 14.3 Å². The Kier molecular flexibility index (Phi) is 7.07. The maximum Gasteiger partial charge on any atom is 0.230 e. The third kappa shape index (κ3) is 4.97. The molecule has 0 bridgehead atoms. The fourth-order valence-electron chi connectivity index (χ4n) is 2.09. The highest BCUT2D eigenvalue weighted by Gasteiger charge is 2.13. The molecule has 2 rings (SSSR count). The van der Waals surface area contributed by atoms with Crippen molar-refractivity contribution in [2.45, 2.75) is 18.5 Å². The maximum atomic E-state index is 11.9. The lowest BCUT2D eigenvalue weighted by Crippen LogP contribution is -2.26. The quantitative estimate of drug-likeness (QED) is 0.549. The topological polar surface area (TPSA) is 78.3 Å². The molecule has 130 valence electrons. The van der Waals surface area contributed by atoms with Crippen LogP contribution in [0.5, 0.6) is 5.75 Å². The average molecular weight is 350 g/mol. The number of amides is 1. The van der Waals surface area contributed by atoms with Crippen molar-refractivity contribution in [3.05, 3.63) is 30.1 Å². The number of rotatable bonds is 9. The predicted molar refractivity (Wildman–Crippen MR) is 92.9 cm³/mol. The van der Waals surface area contributed by atoms with Crippen molar-refractivity contribution in [1.82, 2.24) is 20.1 Å². The van der Waals surface area contributed by atoms with Crippen molar-refractivity contribution >= 4 is 17.7 Å². The molecule has 0 spiro atoms. The summed E-state index contributed by atoms with van der Waals surface area (Å²) in [5, 5.41) is 11.8. The summed E-state index contributed by atoms with van der Waals surface area (Å²) in [4.78, 5) is 11.9. The average Bonchev–Trinajstić information content (AvgIpc) is 2.97. The molecule has 1 aromatic carbocycles. The van der Waals surface area contributed by atoms with Crippen LogP contribution in [-0.2, 0) is 9.53 Å². The molecule has 0 saturated carbocycles. The van der Waals surface area contributed by atoms with Gasteiger partial charge in [0.25, 0.3) is 0 Å². The molecule has 0 aliphatic heterocycles. The molecule has 0 aliphatic carbocycles. The van der Waals surface area contributed by atoms with Crippen molar-refractivity contribution in [2.75, 3.05) is 33.1 Å². The van der Waals surface area contributed by atoms with Crippen LogP contribution in [-0.4, -0.2) is 53.8 Å². The van der Waals surface area contributed by atoms with Gasteiger partial charge in [0.05, 0.1) is 12.9 Å². The molecule has 0 fully saturated rings. The molecule has 7 nitrogen and oxygen atoms in total. The Labute approximate surface area is 145 Å². The standard InChI is InChI=1S/C16H22N4O3S/c1-12-18-19-16(24-11-15(21)17-9-4-10-22-2)20(12)13-5-7-14(23-3)8-6-13/h5-8H,4,9-11H2,1-3H3,(H,17,21). The van der Waals surface area contributed by atoms with E-state index in [4.69, 9.17) is 9.47 Å². The molecule has 0 saturated heterocycles. The Balaban J connectivity index is 1.97. The Morgan fingerprint density at radius 2 is 2.00 bits per heavy atom. The van der Waals surface area contributed by atoms with E-state index in [-0.39, 0.29) is 5.91 Å². The van der Waals surface area contributed by atoms with Crippen LogP contribution < -0.4 is 10.1 Å². The lowest BCUT2D eigenvalue weighted by molar-refractivity contribution is -0.118. The number of carbonyl (C=O) groups is 1. The van der Waals surface area contributed by atoms with Crippen molar-refractivity contribution in [3.8, 4) is 11.4 Å².